The summed E-state index contributed by atoms with van der Waals surface area (Å²) in [5.41, 5.74) is 0.876. The Labute approximate surface area is 87.9 Å². The van der Waals surface area contributed by atoms with Gasteiger partial charge in [0.25, 0.3) is 0 Å². The molecule has 0 unspecified atom stereocenters. The van der Waals surface area contributed by atoms with Gasteiger partial charge in [-0.1, -0.05) is 18.5 Å². The molecule has 0 aliphatic heterocycles. The zero-order chi connectivity index (χ0) is 10.7. The Morgan fingerprint density at radius 3 is 2.71 bits per heavy atom. The van der Waals surface area contributed by atoms with Crippen LogP contribution in [0.2, 0.25) is 5.02 Å². The predicted octanol–water partition coefficient (Wildman–Crippen LogP) is 3.77. The Hall–Kier alpha value is -0.890. The quantitative estimate of drug-likeness (QED) is 0.700. The molecular weight excluding hydrogens is 203 g/mol. The van der Waals surface area contributed by atoms with Crippen molar-refractivity contribution in [2.45, 2.75) is 26.7 Å². The average Bonchev–Trinajstić information content (AvgIpc) is 2.11. The van der Waals surface area contributed by atoms with E-state index in [9.17, 15) is 9.18 Å². The average molecular weight is 215 g/mol. The molecule has 76 valence electrons. The number of hydrogen-bond acceptors (Lipinski definition) is 1. The third-order valence-electron chi connectivity index (χ3n) is 2.03. The lowest BCUT2D eigenvalue weighted by atomic mass is 10.0. The zero-order valence-corrected chi connectivity index (χ0v) is 8.99. The highest BCUT2D eigenvalue weighted by Crippen LogP contribution is 2.21. The van der Waals surface area contributed by atoms with E-state index in [1.54, 1.807) is 6.92 Å². The molecule has 0 radical (unpaired) electrons. The molecule has 3 heteroatoms. The van der Waals surface area contributed by atoms with Gasteiger partial charge >= 0.3 is 0 Å². The van der Waals surface area contributed by atoms with E-state index in [1.165, 1.54) is 12.1 Å². The van der Waals surface area contributed by atoms with Gasteiger partial charge in [0.1, 0.15) is 5.82 Å². The summed E-state index contributed by atoms with van der Waals surface area (Å²) in [5, 5.41) is 0.357. The van der Waals surface area contributed by atoms with Crippen molar-refractivity contribution in [2.24, 2.45) is 0 Å². The molecule has 0 aromatic heterocycles. The first-order valence-electron chi connectivity index (χ1n) is 4.55. The third kappa shape index (κ3) is 2.32. The number of hydrogen-bond donors (Lipinski definition) is 0. The normalized spacial score (nSPS) is 10.3. The summed E-state index contributed by atoms with van der Waals surface area (Å²) < 4.78 is 13.3. The van der Waals surface area contributed by atoms with Crippen molar-refractivity contribution in [3.8, 4) is 0 Å². The number of Topliss-reactive ketones (excluding diaryl/α,β-unsaturated/α-hetero) is 1. The van der Waals surface area contributed by atoms with Crippen LogP contribution >= 0.6 is 11.6 Å². The van der Waals surface area contributed by atoms with E-state index in [0.29, 0.717) is 11.4 Å². The van der Waals surface area contributed by atoms with Crippen LogP contribution in [0.25, 0.3) is 0 Å². The highest BCUT2D eigenvalue weighted by atomic mass is 35.5. The van der Waals surface area contributed by atoms with Gasteiger partial charge in [-0.25, -0.2) is 4.39 Å². The number of halogens is 2. The second-order valence-electron chi connectivity index (χ2n) is 3.25. The molecule has 0 heterocycles. The molecule has 1 rings (SSSR count). The summed E-state index contributed by atoms with van der Waals surface area (Å²) in [6.07, 6.45) is 1.10. The molecule has 0 saturated heterocycles. The third-order valence-corrected chi connectivity index (χ3v) is 2.43. The monoisotopic (exact) mass is 214 g/mol. The lowest BCUT2D eigenvalue weighted by molar-refractivity contribution is 0.0978. The molecular formula is C11H12ClFO. The number of rotatable bonds is 3. The predicted molar refractivity (Wildman–Crippen MR) is 55.4 cm³/mol. The van der Waals surface area contributed by atoms with Gasteiger partial charge in [0.05, 0.1) is 5.56 Å². The SMILES string of the molecule is CCCC(=O)c1cc(C)c(Cl)cc1F. The first-order valence-corrected chi connectivity index (χ1v) is 4.93. The standard InChI is InChI=1S/C11H12ClFO/c1-3-4-11(14)8-5-7(2)9(12)6-10(8)13/h5-6H,3-4H2,1-2H3. The molecule has 0 bridgehead atoms. The van der Waals surface area contributed by atoms with Gasteiger partial charge in [-0.05, 0) is 31.0 Å². The summed E-state index contributed by atoms with van der Waals surface area (Å²) in [6, 6.07) is 2.70. The van der Waals surface area contributed by atoms with Gasteiger partial charge in [0.2, 0.25) is 0 Å². The van der Waals surface area contributed by atoms with E-state index < -0.39 is 5.82 Å². The van der Waals surface area contributed by atoms with Crippen molar-refractivity contribution in [1.82, 2.24) is 0 Å². The summed E-state index contributed by atoms with van der Waals surface area (Å²) in [4.78, 5) is 11.4. The second-order valence-corrected chi connectivity index (χ2v) is 3.66. The van der Waals surface area contributed by atoms with E-state index in [4.69, 9.17) is 11.6 Å². The molecule has 0 spiro atoms. The molecule has 1 aromatic carbocycles. The molecule has 14 heavy (non-hydrogen) atoms. The minimum atomic E-state index is -0.529. The summed E-state index contributed by atoms with van der Waals surface area (Å²) in [5.74, 6) is -0.691. The van der Waals surface area contributed by atoms with Crippen LogP contribution in [0.3, 0.4) is 0 Å². The van der Waals surface area contributed by atoms with Crippen molar-refractivity contribution in [3.05, 3.63) is 34.1 Å². The zero-order valence-electron chi connectivity index (χ0n) is 8.23. The minimum Gasteiger partial charge on any atom is -0.294 e. The number of carbonyl (C=O) groups is 1. The van der Waals surface area contributed by atoms with Crippen LogP contribution in [-0.4, -0.2) is 5.78 Å². The van der Waals surface area contributed by atoms with Gasteiger partial charge in [-0.2, -0.15) is 0 Å². The van der Waals surface area contributed by atoms with E-state index in [-0.39, 0.29) is 11.3 Å². The largest absolute Gasteiger partial charge is 0.294 e. The lowest BCUT2D eigenvalue weighted by Crippen LogP contribution is -2.02. The van der Waals surface area contributed by atoms with Gasteiger partial charge in [-0.15, -0.1) is 0 Å². The van der Waals surface area contributed by atoms with Crippen molar-refractivity contribution in [3.63, 3.8) is 0 Å². The maximum Gasteiger partial charge on any atom is 0.165 e. The van der Waals surface area contributed by atoms with E-state index in [2.05, 4.69) is 0 Å². The lowest BCUT2D eigenvalue weighted by Gasteiger charge is -2.04. The molecule has 0 aliphatic carbocycles. The highest BCUT2D eigenvalue weighted by molar-refractivity contribution is 6.31. The van der Waals surface area contributed by atoms with Gasteiger partial charge in [0.15, 0.2) is 5.78 Å². The summed E-state index contributed by atoms with van der Waals surface area (Å²) in [6.45, 7) is 3.64. The van der Waals surface area contributed by atoms with E-state index in [1.807, 2.05) is 6.92 Å². The molecule has 0 atom stereocenters. The molecule has 0 aliphatic rings. The maximum atomic E-state index is 13.3. The number of aryl methyl sites for hydroxylation is 1. The fraction of sp³-hybridized carbons (Fsp3) is 0.364. The fourth-order valence-corrected chi connectivity index (χ4v) is 1.38. The van der Waals surface area contributed by atoms with Crippen LogP contribution < -0.4 is 0 Å². The van der Waals surface area contributed by atoms with Crippen molar-refractivity contribution >= 4 is 17.4 Å². The Kier molecular flexibility index (Phi) is 3.64. The fourth-order valence-electron chi connectivity index (χ4n) is 1.23. The summed E-state index contributed by atoms with van der Waals surface area (Å²) >= 11 is 5.72. The van der Waals surface area contributed by atoms with Crippen LogP contribution in [0, 0.1) is 12.7 Å². The van der Waals surface area contributed by atoms with Gasteiger partial charge < -0.3 is 0 Å². The smallest absolute Gasteiger partial charge is 0.165 e. The molecule has 0 amide bonds. The number of carbonyl (C=O) groups excluding carboxylic acids is 1. The van der Waals surface area contributed by atoms with Crippen LogP contribution in [0.15, 0.2) is 12.1 Å². The maximum absolute atomic E-state index is 13.3. The minimum absolute atomic E-state index is 0.147. The Morgan fingerprint density at radius 1 is 1.50 bits per heavy atom. The number of ketones is 1. The van der Waals surface area contributed by atoms with Crippen LogP contribution in [0.4, 0.5) is 4.39 Å². The highest BCUT2D eigenvalue weighted by Gasteiger charge is 2.12. The van der Waals surface area contributed by atoms with Crippen molar-refractivity contribution in [1.29, 1.82) is 0 Å². The van der Waals surface area contributed by atoms with Crippen molar-refractivity contribution < 1.29 is 9.18 Å². The van der Waals surface area contributed by atoms with Crippen LogP contribution in [-0.2, 0) is 0 Å². The Morgan fingerprint density at radius 2 is 2.14 bits per heavy atom. The molecule has 0 saturated carbocycles. The molecule has 1 nitrogen and oxygen atoms in total. The number of benzene rings is 1. The van der Waals surface area contributed by atoms with Crippen LogP contribution in [0.5, 0.6) is 0 Å². The van der Waals surface area contributed by atoms with Crippen LogP contribution in [0.1, 0.15) is 35.7 Å². The first-order chi connectivity index (χ1) is 6.56. The topological polar surface area (TPSA) is 17.1 Å². The Balaban J connectivity index is 3.09. The van der Waals surface area contributed by atoms with E-state index >= 15 is 0 Å². The first kappa shape index (κ1) is 11.2. The molecule has 1 aromatic rings. The van der Waals surface area contributed by atoms with E-state index in [0.717, 1.165) is 12.0 Å². The molecule has 0 fully saturated rings. The second kappa shape index (κ2) is 4.56. The Bertz CT molecular complexity index is 361. The summed E-state index contributed by atoms with van der Waals surface area (Å²) in [7, 11) is 0. The van der Waals surface area contributed by atoms with Gasteiger partial charge in [0, 0.05) is 11.4 Å². The molecule has 0 N–H and O–H groups in total. The van der Waals surface area contributed by atoms with Crippen molar-refractivity contribution in [2.75, 3.05) is 0 Å². The van der Waals surface area contributed by atoms with Gasteiger partial charge in [-0.3, -0.25) is 4.79 Å².